The minimum absolute atomic E-state index is 0.513. The summed E-state index contributed by atoms with van der Waals surface area (Å²) >= 11 is 0. The average Bonchev–Trinajstić information content (AvgIpc) is 2.90. The van der Waals surface area contributed by atoms with Crippen LogP contribution in [-0.4, -0.2) is 50.4 Å². The van der Waals surface area contributed by atoms with E-state index in [0.717, 1.165) is 45.0 Å². The Balaban J connectivity index is 2.10. The lowest BCUT2D eigenvalue weighted by atomic mass is 9.96. The lowest BCUT2D eigenvalue weighted by Crippen LogP contribution is -2.24. The number of aromatic nitrogens is 1. The lowest BCUT2D eigenvalue weighted by Gasteiger charge is -2.20. The molecule has 0 amide bonds. The molecule has 4 heteroatoms. The molecule has 106 valence electrons. The Morgan fingerprint density at radius 1 is 1.47 bits per heavy atom. The van der Waals surface area contributed by atoms with Gasteiger partial charge >= 0.3 is 0 Å². The van der Waals surface area contributed by atoms with Gasteiger partial charge in [0.2, 0.25) is 0 Å². The van der Waals surface area contributed by atoms with Gasteiger partial charge in [-0.1, -0.05) is 6.07 Å². The molecule has 4 nitrogen and oxygen atoms in total. The summed E-state index contributed by atoms with van der Waals surface area (Å²) in [5.41, 5.74) is 3.62. The first kappa shape index (κ1) is 14.4. The van der Waals surface area contributed by atoms with Crippen LogP contribution in [0.25, 0.3) is 0 Å². The average molecular weight is 264 g/mol. The maximum Gasteiger partial charge on any atom is 0.0589 e. The molecule has 19 heavy (non-hydrogen) atoms. The molecule has 0 bridgehead atoms. The van der Waals surface area contributed by atoms with Gasteiger partial charge in [0.05, 0.1) is 18.9 Å². The molecular formula is C15H24N2O2. The normalized spacial score (nSPS) is 19.3. The van der Waals surface area contributed by atoms with Crippen LogP contribution in [0.2, 0.25) is 0 Å². The molecule has 0 spiro atoms. The van der Waals surface area contributed by atoms with Crippen LogP contribution in [0.15, 0.2) is 12.1 Å². The van der Waals surface area contributed by atoms with E-state index in [0.29, 0.717) is 5.92 Å². The third-order valence-electron chi connectivity index (χ3n) is 3.61. The Kier molecular flexibility index (Phi) is 5.31. The standard InChI is InChI=1S/C15H24N2O2/c1-12-4-5-14(13-6-8-19-11-13)15(16-12)10-17(2)7-9-18-3/h4-5,13H,6-11H2,1-3H3/t13-/m0/s1. The number of nitrogens with zero attached hydrogens (tertiary/aromatic N) is 2. The Labute approximate surface area is 115 Å². The molecule has 0 N–H and O–H groups in total. The predicted molar refractivity (Wildman–Crippen MR) is 75.4 cm³/mol. The molecule has 1 aliphatic heterocycles. The number of pyridine rings is 1. The van der Waals surface area contributed by atoms with Crippen LogP contribution in [0.1, 0.15) is 29.3 Å². The fourth-order valence-electron chi connectivity index (χ4n) is 2.48. The number of ether oxygens (including phenoxy) is 2. The van der Waals surface area contributed by atoms with E-state index in [1.165, 1.54) is 11.3 Å². The molecule has 2 rings (SSSR count). The highest BCUT2D eigenvalue weighted by Crippen LogP contribution is 2.27. The maximum absolute atomic E-state index is 5.51. The molecular weight excluding hydrogens is 240 g/mol. The summed E-state index contributed by atoms with van der Waals surface area (Å²) in [5.74, 6) is 0.513. The zero-order chi connectivity index (χ0) is 13.7. The third kappa shape index (κ3) is 4.00. The van der Waals surface area contributed by atoms with Gasteiger partial charge < -0.3 is 9.47 Å². The molecule has 1 saturated heterocycles. The predicted octanol–water partition coefficient (Wildman–Crippen LogP) is 1.97. The van der Waals surface area contributed by atoms with E-state index in [2.05, 4.69) is 24.1 Å². The van der Waals surface area contributed by atoms with Gasteiger partial charge in [0.1, 0.15) is 0 Å². The number of likely N-dealkylation sites (N-methyl/N-ethyl adjacent to an activating group) is 1. The number of methoxy groups -OCH3 is 1. The smallest absolute Gasteiger partial charge is 0.0589 e. The summed E-state index contributed by atoms with van der Waals surface area (Å²) < 4.78 is 10.6. The van der Waals surface area contributed by atoms with Crippen molar-refractivity contribution in [3.63, 3.8) is 0 Å². The van der Waals surface area contributed by atoms with Crippen LogP contribution in [0.4, 0.5) is 0 Å². The molecule has 1 aliphatic rings. The number of hydrogen-bond donors (Lipinski definition) is 0. The van der Waals surface area contributed by atoms with E-state index >= 15 is 0 Å². The fourth-order valence-corrected chi connectivity index (χ4v) is 2.48. The lowest BCUT2D eigenvalue weighted by molar-refractivity contribution is 0.157. The van der Waals surface area contributed by atoms with E-state index < -0.39 is 0 Å². The van der Waals surface area contributed by atoms with Crippen LogP contribution in [-0.2, 0) is 16.0 Å². The number of hydrogen-bond acceptors (Lipinski definition) is 4. The molecule has 2 heterocycles. The molecule has 0 unspecified atom stereocenters. The van der Waals surface area contributed by atoms with Crippen molar-refractivity contribution < 1.29 is 9.47 Å². The summed E-state index contributed by atoms with van der Waals surface area (Å²) in [5, 5.41) is 0. The zero-order valence-electron chi connectivity index (χ0n) is 12.2. The van der Waals surface area contributed by atoms with Crippen LogP contribution in [0, 0.1) is 6.92 Å². The monoisotopic (exact) mass is 264 g/mol. The van der Waals surface area contributed by atoms with Crippen molar-refractivity contribution in [1.82, 2.24) is 9.88 Å². The van der Waals surface area contributed by atoms with E-state index in [1.807, 2.05) is 6.92 Å². The largest absolute Gasteiger partial charge is 0.383 e. The summed E-state index contributed by atoms with van der Waals surface area (Å²) in [6.07, 6.45) is 1.11. The van der Waals surface area contributed by atoms with Gasteiger partial charge in [-0.2, -0.15) is 0 Å². The van der Waals surface area contributed by atoms with Gasteiger partial charge in [-0.3, -0.25) is 9.88 Å². The van der Waals surface area contributed by atoms with Crippen LogP contribution in [0.3, 0.4) is 0 Å². The molecule has 0 aromatic carbocycles. The van der Waals surface area contributed by atoms with E-state index in [4.69, 9.17) is 14.5 Å². The van der Waals surface area contributed by atoms with Crippen molar-refractivity contribution in [2.75, 3.05) is 40.5 Å². The second kappa shape index (κ2) is 6.98. The fraction of sp³-hybridized carbons (Fsp3) is 0.667. The van der Waals surface area contributed by atoms with E-state index in [1.54, 1.807) is 7.11 Å². The minimum Gasteiger partial charge on any atom is -0.383 e. The van der Waals surface area contributed by atoms with Gasteiger partial charge in [0.25, 0.3) is 0 Å². The first-order chi connectivity index (χ1) is 9.20. The highest BCUT2D eigenvalue weighted by atomic mass is 16.5. The topological polar surface area (TPSA) is 34.6 Å². The summed E-state index contributed by atoms with van der Waals surface area (Å²) in [7, 11) is 3.85. The summed E-state index contributed by atoms with van der Waals surface area (Å²) in [6.45, 7) is 6.30. The van der Waals surface area contributed by atoms with Crippen molar-refractivity contribution in [1.29, 1.82) is 0 Å². The van der Waals surface area contributed by atoms with Crippen molar-refractivity contribution in [2.45, 2.75) is 25.8 Å². The molecule has 1 atom stereocenters. The second-order valence-electron chi connectivity index (χ2n) is 5.28. The molecule has 0 radical (unpaired) electrons. The van der Waals surface area contributed by atoms with Gasteiger partial charge in [0, 0.05) is 38.4 Å². The van der Waals surface area contributed by atoms with Gasteiger partial charge in [-0.05, 0) is 32.0 Å². The van der Waals surface area contributed by atoms with Crippen molar-refractivity contribution >= 4 is 0 Å². The molecule has 1 aromatic rings. The molecule has 0 aliphatic carbocycles. The molecule has 1 fully saturated rings. The van der Waals surface area contributed by atoms with Crippen LogP contribution < -0.4 is 0 Å². The van der Waals surface area contributed by atoms with Crippen molar-refractivity contribution in [3.8, 4) is 0 Å². The number of aryl methyl sites for hydroxylation is 1. The minimum atomic E-state index is 0.513. The van der Waals surface area contributed by atoms with Crippen LogP contribution >= 0.6 is 0 Å². The molecule has 0 saturated carbocycles. The Hall–Kier alpha value is -0.970. The highest BCUT2D eigenvalue weighted by Gasteiger charge is 2.21. The van der Waals surface area contributed by atoms with Crippen LogP contribution in [0.5, 0.6) is 0 Å². The first-order valence-corrected chi connectivity index (χ1v) is 6.92. The molecule has 1 aromatic heterocycles. The van der Waals surface area contributed by atoms with Gasteiger partial charge in [0.15, 0.2) is 0 Å². The Bertz CT molecular complexity index is 403. The van der Waals surface area contributed by atoms with Gasteiger partial charge in [-0.25, -0.2) is 0 Å². The van der Waals surface area contributed by atoms with Gasteiger partial charge in [-0.15, -0.1) is 0 Å². The summed E-state index contributed by atoms with van der Waals surface area (Å²) in [4.78, 5) is 6.98. The summed E-state index contributed by atoms with van der Waals surface area (Å²) in [6, 6.07) is 4.33. The Morgan fingerprint density at radius 2 is 2.32 bits per heavy atom. The van der Waals surface area contributed by atoms with E-state index in [-0.39, 0.29) is 0 Å². The Morgan fingerprint density at radius 3 is 3.00 bits per heavy atom. The third-order valence-corrected chi connectivity index (χ3v) is 3.61. The SMILES string of the molecule is COCCN(C)Cc1nc(C)ccc1[C@H]1CCOC1. The van der Waals surface area contributed by atoms with Crippen molar-refractivity contribution in [2.24, 2.45) is 0 Å². The number of rotatable bonds is 6. The quantitative estimate of drug-likeness (QED) is 0.787. The van der Waals surface area contributed by atoms with E-state index in [9.17, 15) is 0 Å². The second-order valence-corrected chi connectivity index (χ2v) is 5.28. The first-order valence-electron chi connectivity index (χ1n) is 6.92. The highest BCUT2D eigenvalue weighted by molar-refractivity contribution is 5.27. The van der Waals surface area contributed by atoms with Crippen molar-refractivity contribution in [3.05, 3.63) is 29.1 Å². The zero-order valence-corrected chi connectivity index (χ0v) is 12.2. The maximum atomic E-state index is 5.51.